The topological polar surface area (TPSA) is 194 Å². The van der Waals surface area contributed by atoms with Crippen LogP contribution in [0.5, 0.6) is 0 Å². The average molecular weight is 804 g/mol. The highest BCUT2D eigenvalue weighted by Crippen LogP contribution is 2.25. The van der Waals surface area contributed by atoms with Gasteiger partial charge in [-0.05, 0) is 72.6 Å². The predicted octanol–water partition coefficient (Wildman–Crippen LogP) is 2.06. The highest BCUT2D eigenvalue weighted by Gasteiger charge is 2.34. The van der Waals surface area contributed by atoms with Crippen LogP contribution in [-0.4, -0.2) is 104 Å². The molecule has 2 aliphatic heterocycles. The number of benzene rings is 4. The first-order valence-corrected chi connectivity index (χ1v) is 20.6. The van der Waals surface area contributed by atoms with Crippen molar-refractivity contribution in [2.24, 2.45) is 0 Å². The number of hydrogen-bond acceptors (Lipinski definition) is 10. The highest BCUT2D eigenvalue weighted by atomic mass is 32.2. The SMILES string of the molecule is Nc1ccc(S(=O)(=O)N2CCN(CC(=O)N[C@@H](Cc3ccccc3)c3nc4cc(F)ccc4c(=O)n3-c3ccc(S(=O)(=O)N4CCOCC4)cc3)C(=O)C2)cc1. The molecule has 2 saturated heterocycles. The zero-order valence-corrected chi connectivity index (χ0v) is 31.6. The van der Waals surface area contributed by atoms with Gasteiger partial charge in [0.1, 0.15) is 11.6 Å². The van der Waals surface area contributed by atoms with E-state index in [4.69, 9.17) is 15.5 Å². The van der Waals surface area contributed by atoms with E-state index in [9.17, 15) is 35.6 Å². The largest absolute Gasteiger partial charge is 0.399 e. The number of fused-ring (bicyclic) bond motifs is 1. The molecule has 3 heterocycles. The summed E-state index contributed by atoms with van der Waals surface area (Å²) in [6.45, 7) is -0.110. The van der Waals surface area contributed by atoms with Gasteiger partial charge in [0.15, 0.2) is 0 Å². The minimum absolute atomic E-state index is 0.00809. The Morgan fingerprint density at radius 3 is 2.12 bits per heavy atom. The van der Waals surface area contributed by atoms with Crippen LogP contribution in [0.2, 0.25) is 0 Å². The second kappa shape index (κ2) is 15.9. The van der Waals surface area contributed by atoms with Crippen LogP contribution in [0, 0.1) is 5.82 Å². The number of halogens is 1. The van der Waals surface area contributed by atoms with Crippen molar-refractivity contribution in [3.63, 3.8) is 0 Å². The van der Waals surface area contributed by atoms with E-state index < -0.39 is 62.4 Å². The van der Waals surface area contributed by atoms with Crippen LogP contribution >= 0.6 is 0 Å². The van der Waals surface area contributed by atoms with Crippen molar-refractivity contribution in [2.45, 2.75) is 22.3 Å². The molecule has 0 saturated carbocycles. The summed E-state index contributed by atoms with van der Waals surface area (Å²) in [5, 5.41) is 3.00. The van der Waals surface area contributed by atoms with E-state index in [2.05, 4.69) is 5.32 Å². The van der Waals surface area contributed by atoms with Crippen LogP contribution in [0.3, 0.4) is 0 Å². The van der Waals surface area contributed by atoms with Gasteiger partial charge < -0.3 is 20.7 Å². The van der Waals surface area contributed by atoms with Gasteiger partial charge in [-0.2, -0.15) is 8.61 Å². The molecular weight excluding hydrogens is 766 g/mol. The summed E-state index contributed by atoms with van der Waals surface area (Å²) >= 11 is 0. The molecule has 0 unspecified atom stereocenters. The third-order valence-electron chi connectivity index (χ3n) is 9.63. The molecule has 7 rings (SSSR count). The number of hydrogen-bond donors (Lipinski definition) is 2. The van der Waals surface area contributed by atoms with Crippen LogP contribution in [0.15, 0.2) is 112 Å². The Hall–Kier alpha value is -5.53. The molecule has 292 valence electrons. The number of nitrogen functional groups attached to an aromatic ring is 1. The van der Waals surface area contributed by atoms with Crippen molar-refractivity contribution in [1.82, 2.24) is 28.4 Å². The van der Waals surface area contributed by atoms with Crippen molar-refractivity contribution < 1.29 is 35.6 Å². The van der Waals surface area contributed by atoms with Crippen LogP contribution in [0.1, 0.15) is 17.4 Å². The van der Waals surface area contributed by atoms with E-state index in [-0.39, 0.29) is 78.0 Å². The molecule has 0 radical (unpaired) electrons. The van der Waals surface area contributed by atoms with Gasteiger partial charge in [0.05, 0.1) is 58.7 Å². The maximum atomic E-state index is 14.5. The molecule has 2 fully saturated rings. The van der Waals surface area contributed by atoms with Crippen molar-refractivity contribution in [3.05, 3.63) is 125 Å². The maximum Gasteiger partial charge on any atom is 0.266 e. The number of sulfonamides is 2. The summed E-state index contributed by atoms with van der Waals surface area (Å²) < 4.78 is 76.7. The second-order valence-corrected chi connectivity index (χ2v) is 17.2. The number of piperazine rings is 1. The number of ether oxygens (including phenoxy) is 1. The average Bonchev–Trinajstić information content (AvgIpc) is 3.19. The normalized spacial score (nSPS) is 16.5. The fourth-order valence-corrected chi connectivity index (χ4v) is 9.47. The van der Waals surface area contributed by atoms with Gasteiger partial charge in [-0.3, -0.25) is 19.0 Å². The van der Waals surface area contributed by atoms with Gasteiger partial charge in [-0.15, -0.1) is 0 Å². The number of nitrogens with one attached hydrogen (secondary N) is 1. The molecule has 15 nitrogen and oxygen atoms in total. The molecule has 5 aromatic rings. The second-order valence-electron chi connectivity index (χ2n) is 13.3. The molecular formula is C38H38FN7O8S2. The van der Waals surface area contributed by atoms with Crippen molar-refractivity contribution in [1.29, 1.82) is 0 Å². The zero-order chi connectivity index (χ0) is 39.6. The summed E-state index contributed by atoms with van der Waals surface area (Å²) in [4.78, 5) is 47.3. The third-order valence-corrected chi connectivity index (χ3v) is 13.4. The molecule has 3 N–H and O–H groups in total. The molecule has 0 spiro atoms. The number of nitrogens with two attached hydrogens (primary N) is 1. The summed E-state index contributed by atoms with van der Waals surface area (Å²) in [5.74, 6) is -1.82. The fourth-order valence-electron chi connectivity index (χ4n) is 6.68. The van der Waals surface area contributed by atoms with Gasteiger partial charge in [-0.1, -0.05) is 30.3 Å². The number of morpholine rings is 1. The lowest BCUT2D eigenvalue weighted by atomic mass is 10.0. The van der Waals surface area contributed by atoms with Crippen LogP contribution in [-0.2, 0) is 40.8 Å². The van der Waals surface area contributed by atoms with Gasteiger partial charge in [-0.25, -0.2) is 26.2 Å². The molecule has 0 aliphatic carbocycles. The summed E-state index contributed by atoms with van der Waals surface area (Å²) in [6.07, 6.45) is 0.116. The summed E-state index contributed by atoms with van der Waals surface area (Å²) in [6, 6.07) is 22.9. The van der Waals surface area contributed by atoms with E-state index in [0.717, 1.165) is 22.0 Å². The number of aromatic nitrogens is 2. The first kappa shape index (κ1) is 38.7. The number of anilines is 1. The standard InChI is InChI=1S/C38H38FN7O8S2/c39-27-6-15-32-33(23-27)42-37(46(38(32)49)29-9-13-31(14-10-29)55(50,51)44-18-20-54-21-19-44)34(22-26-4-2-1-3-5-26)41-35(47)24-43-16-17-45(25-36(43)48)56(52,53)30-11-7-28(40)8-12-30/h1-15,23,34H,16-22,24-25,40H2,(H,41,47)/t34-/m0/s1. The van der Waals surface area contributed by atoms with Crippen LogP contribution in [0.4, 0.5) is 10.1 Å². The van der Waals surface area contributed by atoms with Gasteiger partial charge in [0, 0.05) is 37.9 Å². The van der Waals surface area contributed by atoms with E-state index >= 15 is 0 Å². The van der Waals surface area contributed by atoms with E-state index in [1.54, 1.807) is 12.1 Å². The van der Waals surface area contributed by atoms with Crippen molar-refractivity contribution >= 4 is 48.5 Å². The number of amides is 2. The van der Waals surface area contributed by atoms with Crippen molar-refractivity contribution in [2.75, 3.05) is 58.2 Å². The molecule has 2 amide bonds. The number of rotatable bonds is 11. The Morgan fingerprint density at radius 1 is 0.821 bits per heavy atom. The predicted molar refractivity (Wildman–Crippen MR) is 204 cm³/mol. The lowest BCUT2D eigenvalue weighted by Crippen LogP contribution is -2.54. The molecule has 1 aromatic heterocycles. The number of nitrogens with zero attached hydrogens (tertiary/aromatic N) is 5. The smallest absolute Gasteiger partial charge is 0.266 e. The minimum Gasteiger partial charge on any atom is -0.399 e. The fraction of sp³-hybridized carbons (Fsp3) is 0.263. The Bertz CT molecular complexity index is 2550. The summed E-state index contributed by atoms with van der Waals surface area (Å²) in [5.41, 5.74) is 6.53. The van der Waals surface area contributed by atoms with Gasteiger partial charge in [0.25, 0.3) is 5.56 Å². The monoisotopic (exact) mass is 803 g/mol. The minimum atomic E-state index is -4.00. The highest BCUT2D eigenvalue weighted by molar-refractivity contribution is 7.89. The lowest BCUT2D eigenvalue weighted by molar-refractivity contribution is -0.138. The molecule has 2 aliphatic rings. The van der Waals surface area contributed by atoms with E-state index in [0.29, 0.717) is 5.69 Å². The lowest BCUT2D eigenvalue weighted by Gasteiger charge is -2.33. The molecule has 1 atom stereocenters. The molecule has 0 bridgehead atoms. The molecule has 56 heavy (non-hydrogen) atoms. The van der Waals surface area contributed by atoms with Crippen LogP contribution in [0.25, 0.3) is 16.6 Å². The number of carbonyl (C=O) groups excluding carboxylic acids is 2. The Balaban J connectivity index is 1.20. The Labute approximate surface area is 322 Å². The third kappa shape index (κ3) is 8.05. The zero-order valence-electron chi connectivity index (χ0n) is 30.0. The summed E-state index contributed by atoms with van der Waals surface area (Å²) in [7, 11) is -7.87. The van der Waals surface area contributed by atoms with Gasteiger partial charge in [0.2, 0.25) is 31.9 Å². The van der Waals surface area contributed by atoms with E-state index in [1.165, 1.54) is 68.4 Å². The molecule has 18 heteroatoms. The first-order chi connectivity index (χ1) is 26.8. The Kier molecular flexibility index (Phi) is 11.0. The Morgan fingerprint density at radius 2 is 1.46 bits per heavy atom. The van der Waals surface area contributed by atoms with Crippen molar-refractivity contribution in [3.8, 4) is 5.69 Å². The maximum absolute atomic E-state index is 14.5. The molecule has 4 aromatic carbocycles. The van der Waals surface area contributed by atoms with Crippen LogP contribution < -0.4 is 16.6 Å². The quantitative estimate of drug-likeness (QED) is 0.187. The number of carbonyl (C=O) groups is 2. The van der Waals surface area contributed by atoms with Gasteiger partial charge >= 0.3 is 0 Å². The first-order valence-electron chi connectivity index (χ1n) is 17.7. The van der Waals surface area contributed by atoms with E-state index in [1.807, 2.05) is 18.2 Å².